The highest BCUT2D eigenvalue weighted by molar-refractivity contribution is 6.30. The Balaban J connectivity index is 1.67. The molecule has 0 amide bonds. The first kappa shape index (κ1) is 12.8. The summed E-state index contributed by atoms with van der Waals surface area (Å²) in [6.07, 6.45) is 3.77. The number of para-hydroxylation sites is 1. The van der Waals surface area contributed by atoms with Crippen molar-refractivity contribution in [3.05, 3.63) is 77.6 Å². The minimum Gasteiger partial charge on any atom is -0.489 e. The molecule has 3 nitrogen and oxygen atoms in total. The van der Waals surface area contributed by atoms with E-state index in [4.69, 9.17) is 16.3 Å². The second kappa shape index (κ2) is 5.80. The van der Waals surface area contributed by atoms with E-state index in [0.29, 0.717) is 11.6 Å². The lowest BCUT2D eigenvalue weighted by Gasteiger charge is -2.04. The fourth-order valence-corrected chi connectivity index (χ4v) is 1.98. The predicted octanol–water partition coefficient (Wildman–Crippen LogP) is 4.10. The Hall–Kier alpha value is -2.26. The van der Waals surface area contributed by atoms with Crippen molar-refractivity contribution >= 4 is 11.6 Å². The normalized spacial score (nSPS) is 10.4. The van der Waals surface area contributed by atoms with Crippen LogP contribution >= 0.6 is 11.6 Å². The van der Waals surface area contributed by atoms with E-state index < -0.39 is 0 Å². The van der Waals surface area contributed by atoms with Crippen LogP contribution in [0, 0.1) is 0 Å². The van der Waals surface area contributed by atoms with Crippen LogP contribution in [-0.4, -0.2) is 9.78 Å². The lowest BCUT2D eigenvalue weighted by Crippen LogP contribution is -1.95. The molecule has 1 aromatic heterocycles. The van der Waals surface area contributed by atoms with Crippen LogP contribution in [0.1, 0.15) is 5.56 Å². The second-order valence-corrected chi connectivity index (χ2v) is 4.81. The van der Waals surface area contributed by atoms with Crippen LogP contribution in [0.2, 0.25) is 5.02 Å². The molecular formula is C16H13ClN2O. The van der Waals surface area contributed by atoms with Crippen LogP contribution in [0.3, 0.4) is 0 Å². The van der Waals surface area contributed by atoms with E-state index in [1.54, 1.807) is 0 Å². The SMILES string of the molecule is Clc1ccc(OCc2cnn(-c3ccccc3)c2)cc1. The van der Waals surface area contributed by atoms with Gasteiger partial charge < -0.3 is 4.74 Å². The lowest BCUT2D eigenvalue weighted by atomic mass is 10.3. The van der Waals surface area contributed by atoms with Gasteiger partial charge >= 0.3 is 0 Å². The van der Waals surface area contributed by atoms with Gasteiger partial charge in [-0.2, -0.15) is 5.10 Å². The summed E-state index contributed by atoms with van der Waals surface area (Å²) in [5.41, 5.74) is 2.05. The molecule has 0 aliphatic heterocycles. The molecule has 0 bridgehead atoms. The summed E-state index contributed by atoms with van der Waals surface area (Å²) in [6.45, 7) is 0.481. The average Bonchev–Trinajstić information content (AvgIpc) is 2.97. The van der Waals surface area contributed by atoms with E-state index in [-0.39, 0.29) is 0 Å². The van der Waals surface area contributed by atoms with Crippen LogP contribution in [0.5, 0.6) is 5.75 Å². The van der Waals surface area contributed by atoms with Crippen molar-refractivity contribution in [2.45, 2.75) is 6.61 Å². The topological polar surface area (TPSA) is 27.1 Å². The largest absolute Gasteiger partial charge is 0.489 e. The fraction of sp³-hybridized carbons (Fsp3) is 0.0625. The van der Waals surface area contributed by atoms with Gasteiger partial charge in [-0.25, -0.2) is 4.68 Å². The van der Waals surface area contributed by atoms with E-state index in [2.05, 4.69) is 5.10 Å². The molecular weight excluding hydrogens is 272 g/mol. The third-order valence-corrected chi connectivity index (χ3v) is 3.13. The molecule has 3 rings (SSSR count). The summed E-state index contributed by atoms with van der Waals surface area (Å²) in [5.74, 6) is 0.793. The molecule has 0 aliphatic rings. The molecule has 2 aromatic carbocycles. The van der Waals surface area contributed by atoms with Crippen LogP contribution in [0.15, 0.2) is 67.0 Å². The Morgan fingerprint density at radius 3 is 2.50 bits per heavy atom. The zero-order valence-electron chi connectivity index (χ0n) is 10.7. The first-order valence-corrected chi connectivity index (χ1v) is 6.66. The van der Waals surface area contributed by atoms with Gasteiger partial charge in [-0.05, 0) is 36.4 Å². The van der Waals surface area contributed by atoms with Gasteiger partial charge in [0, 0.05) is 16.8 Å². The van der Waals surface area contributed by atoms with Crippen LogP contribution in [0.25, 0.3) is 5.69 Å². The predicted molar refractivity (Wildman–Crippen MR) is 79.3 cm³/mol. The number of benzene rings is 2. The molecule has 0 unspecified atom stereocenters. The summed E-state index contributed by atoms with van der Waals surface area (Å²) in [6, 6.07) is 17.3. The molecule has 0 saturated carbocycles. The summed E-state index contributed by atoms with van der Waals surface area (Å²) >= 11 is 5.83. The fourth-order valence-electron chi connectivity index (χ4n) is 1.85. The van der Waals surface area contributed by atoms with Crippen molar-refractivity contribution in [3.63, 3.8) is 0 Å². The number of hydrogen-bond donors (Lipinski definition) is 0. The Morgan fingerprint density at radius 2 is 1.75 bits per heavy atom. The molecule has 3 aromatic rings. The number of nitrogens with zero attached hydrogens (tertiary/aromatic N) is 2. The maximum absolute atomic E-state index is 5.83. The van der Waals surface area contributed by atoms with E-state index in [1.165, 1.54) is 0 Å². The van der Waals surface area contributed by atoms with Gasteiger partial charge in [-0.1, -0.05) is 29.8 Å². The Bertz CT molecular complexity index is 677. The van der Waals surface area contributed by atoms with Crippen LogP contribution in [0.4, 0.5) is 0 Å². The minimum absolute atomic E-state index is 0.481. The maximum atomic E-state index is 5.83. The minimum atomic E-state index is 0.481. The monoisotopic (exact) mass is 284 g/mol. The maximum Gasteiger partial charge on any atom is 0.119 e. The van der Waals surface area contributed by atoms with Crippen molar-refractivity contribution in [2.75, 3.05) is 0 Å². The second-order valence-electron chi connectivity index (χ2n) is 4.37. The third-order valence-electron chi connectivity index (χ3n) is 2.88. The molecule has 0 spiro atoms. The van der Waals surface area contributed by atoms with Crippen molar-refractivity contribution in [1.82, 2.24) is 9.78 Å². The number of aromatic nitrogens is 2. The van der Waals surface area contributed by atoms with Gasteiger partial charge in [-0.15, -0.1) is 0 Å². The van der Waals surface area contributed by atoms with Gasteiger partial charge in [-0.3, -0.25) is 0 Å². The highest BCUT2D eigenvalue weighted by Gasteiger charge is 2.01. The quantitative estimate of drug-likeness (QED) is 0.721. The van der Waals surface area contributed by atoms with E-state index in [1.807, 2.05) is 71.7 Å². The van der Waals surface area contributed by atoms with Gasteiger partial charge in [0.1, 0.15) is 12.4 Å². The zero-order valence-corrected chi connectivity index (χ0v) is 11.5. The van der Waals surface area contributed by atoms with Crippen molar-refractivity contribution in [1.29, 1.82) is 0 Å². The first-order valence-electron chi connectivity index (χ1n) is 6.28. The highest BCUT2D eigenvalue weighted by atomic mass is 35.5. The molecule has 100 valence electrons. The summed E-state index contributed by atoms with van der Waals surface area (Å²) in [4.78, 5) is 0. The van der Waals surface area contributed by atoms with Crippen LogP contribution < -0.4 is 4.74 Å². The molecule has 20 heavy (non-hydrogen) atoms. The molecule has 0 atom stereocenters. The number of halogens is 1. The summed E-state index contributed by atoms with van der Waals surface area (Å²) < 4.78 is 7.52. The summed E-state index contributed by atoms with van der Waals surface area (Å²) in [7, 11) is 0. The Kier molecular flexibility index (Phi) is 3.70. The molecule has 4 heteroatoms. The molecule has 0 aliphatic carbocycles. The van der Waals surface area contributed by atoms with Crippen LogP contribution in [-0.2, 0) is 6.61 Å². The van der Waals surface area contributed by atoms with Gasteiger partial charge in [0.2, 0.25) is 0 Å². The molecule has 1 heterocycles. The van der Waals surface area contributed by atoms with Gasteiger partial charge in [0.15, 0.2) is 0 Å². The van der Waals surface area contributed by atoms with E-state index in [9.17, 15) is 0 Å². The molecule has 0 N–H and O–H groups in total. The highest BCUT2D eigenvalue weighted by Crippen LogP contribution is 2.17. The number of hydrogen-bond acceptors (Lipinski definition) is 2. The first-order chi connectivity index (χ1) is 9.81. The lowest BCUT2D eigenvalue weighted by molar-refractivity contribution is 0.306. The van der Waals surface area contributed by atoms with Gasteiger partial charge in [0.25, 0.3) is 0 Å². The average molecular weight is 285 g/mol. The molecule has 0 fully saturated rings. The zero-order chi connectivity index (χ0) is 13.8. The summed E-state index contributed by atoms with van der Waals surface area (Å²) in [5, 5.41) is 5.03. The number of ether oxygens (including phenoxy) is 1. The van der Waals surface area contributed by atoms with E-state index in [0.717, 1.165) is 17.0 Å². The Morgan fingerprint density at radius 1 is 1.00 bits per heavy atom. The smallest absolute Gasteiger partial charge is 0.119 e. The van der Waals surface area contributed by atoms with Gasteiger partial charge in [0.05, 0.1) is 11.9 Å². The van der Waals surface area contributed by atoms with Crippen molar-refractivity contribution in [3.8, 4) is 11.4 Å². The Labute approximate surface area is 122 Å². The molecule has 0 radical (unpaired) electrons. The third kappa shape index (κ3) is 3.00. The van der Waals surface area contributed by atoms with Crippen molar-refractivity contribution < 1.29 is 4.74 Å². The number of rotatable bonds is 4. The van der Waals surface area contributed by atoms with Crippen molar-refractivity contribution in [2.24, 2.45) is 0 Å². The molecule has 0 saturated heterocycles. The van der Waals surface area contributed by atoms with E-state index >= 15 is 0 Å². The standard InChI is InChI=1S/C16H13ClN2O/c17-14-6-8-16(9-7-14)20-12-13-10-18-19(11-13)15-4-2-1-3-5-15/h1-11H,12H2.